The molecular formula is C16H21ClF2N4O. The van der Waals surface area contributed by atoms with Crippen LogP contribution in [0.3, 0.4) is 0 Å². The SMILES string of the molecule is CO[C@@H]1CC[C@H](c2nc(C)nn2-c2cc(F)cc(F)c2)C[C@H]1N.Cl. The molecule has 1 aromatic heterocycles. The van der Waals surface area contributed by atoms with Gasteiger partial charge < -0.3 is 10.5 Å². The van der Waals surface area contributed by atoms with Gasteiger partial charge in [0.15, 0.2) is 0 Å². The fraction of sp³-hybridized carbons (Fsp3) is 0.500. The summed E-state index contributed by atoms with van der Waals surface area (Å²) in [7, 11) is 1.66. The van der Waals surface area contributed by atoms with Gasteiger partial charge in [0.2, 0.25) is 0 Å². The normalized spacial score (nSPS) is 23.8. The van der Waals surface area contributed by atoms with Gasteiger partial charge in [-0.2, -0.15) is 5.10 Å². The number of hydrogen-bond acceptors (Lipinski definition) is 4. The number of aryl methyl sites for hydroxylation is 1. The quantitative estimate of drug-likeness (QED) is 0.916. The molecule has 3 rings (SSSR count). The summed E-state index contributed by atoms with van der Waals surface area (Å²) >= 11 is 0. The van der Waals surface area contributed by atoms with Gasteiger partial charge in [0.1, 0.15) is 23.3 Å². The van der Waals surface area contributed by atoms with Crippen LogP contribution in [0.5, 0.6) is 0 Å². The zero-order chi connectivity index (χ0) is 16.6. The van der Waals surface area contributed by atoms with Gasteiger partial charge in [-0.1, -0.05) is 0 Å². The van der Waals surface area contributed by atoms with Gasteiger partial charge in [-0.05, 0) is 38.3 Å². The van der Waals surface area contributed by atoms with Crippen LogP contribution in [0.25, 0.3) is 5.69 Å². The van der Waals surface area contributed by atoms with Crippen molar-refractivity contribution < 1.29 is 13.5 Å². The lowest BCUT2D eigenvalue weighted by molar-refractivity contribution is 0.0482. The molecule has 1 aliphatic rings. The maximum absolute atomic E-state index is 13.5. The molecule has 0 radical (unpaired) electrons. The Balaban J connectivity index is 0.00000208. The average Bonchev–Trinajstić information content (AvgIpc) is 2.88. The van der Waals surface area contributed by atoms with E-state index in [0.717, 1.165) is 18.9 Å². The molecule has 2 N–H and O–H groups in total. The zero-order valence-electron chi connectivity index (χ0n) is 13.6. The van der Waals surface area contributed by atoms with E-state index in [2.05, 4.69) is 10.1 Å². The number of methoxy groups -OCH3 is 1. The van der Waals surface area contributed by atoms with Crippen molar-refractivity contribution in [1.82, 2.24) is 14.8 Å². The predicted octanol–water partition coefficient (Wildman–Crippen LogP) is 2.89. The van der Waals surface area contributed by atoms with E-state index in [9.17, 15) is 8.78 Å². The standard InChI is InChI=1S/C16H20F2N4O.ClH/c1-9-20-16(10-3-4-15(23-2)14(19)5-10)22(21-9)13-7-11(17)6-12(18)8-13;/h6-8,10,14-15H,3-5,19H2,1-2H3;1H/t10-,14+,15+;/m0./s1. The first-order valence-electron chi connectivity index (χ1n) is 7.66. The molecule has 1 aliphatic carbocycles. The summed E-state index contributed by atoms with van der Waals surface area (Å²) in [5.41, 5.74) is 6.49. The summed E-state index contributed by atoms with van der Waals surface area (Å²) < 4.78 is 33.9. The van der Waals surface area contributed by atoms with Crippen LogP contribution in [-0.4, -0.2) is 34.0 Å². The first kappa shape index (κ1) is 18.8. The molecule has 0 amide bonds. The second kappa shape index (κ2) is 7.55. The van der Waals surface area contributed by atoms with Crippen molar-refractivity contribution in [1.29, 1.82) is 0 Å². The van der Waals surface area contributed by atoms with Gasteiger partial charge in [0, 0.05) is 25.1 Å². The summed E-state index contributed by atoms with van der Waals surface area (Å²) in [5, 5.41) is 4.30. The number of halogens is 3. The van der Waals surface area contributed by atoms with Crippen LogP contribution in [0.2, 0.25) is 0 Å². The molecular weight excluding hydrogens is 338 g/mol. The monoisotopic (exact) mass is 358 g/mol. The number of aromatic nitrogens is 3. The lowest BCUT2D eigenvalue weighted by atomic mass is 9.83. The molecule has 24 heavy (non-hydrogen) atoms. The Hall–Kier alpha value is -1.57. The first-order chi connectivity index (χ1) is 11.0. The number of nitrogens with two attached hydrogens (primary N) is 1. The Morgan fingerprint density at radius 2 is 1.88 bits per heavy atom. The minimum absolute atomic E-state index is 0. The highest BCUT2D eigenvalue weighted by atomic mass is 35.5. The molecule has 0 aliphatic heterocycles. The number of hydrogen-bond donors (Lipinski definition) is 1. The molecule has 5 nitrogen and oxygen atoms in total. The van der Waals surface area contributed by atoms with Crippen LogP contribution in [0.15, 0.2) is 18.2 Å². The third-order valence-electron chi connectivity index (χ3n) is 4.33. The molecule has 132 valence electrons. The fourth-order valence-electron chi connectivity index (χ4n) is 3.25. The summed E-state index contributed by atoms with van der Waals surface area (Å²) in [4.78, 5) is 4.47. The Morgan fingerprint density at radius 1 is 1.21 bits per heavy atom. The number of rotatable bonds is 3. The van der Waals surface area contributed by atoms with Crippen molar-refractivity contribution in [3.63, 3.8) is 0 Å². The summed E-state index contributed by atoms with van der Waals surface area (Å²) in [6.07, 6.45) is 2.41. The summed E-state index contributed by atoms with van der Waals surface area (Å²) in [6.45, 7) is 1.76. The second-order valence-corrected chi connectivity index (χ2v) is 6.00. The smallest absolute Gasteiger partial charge is 0.148 e. The molecule has 2 aromatic rings. The van der Waals surface area contributed by atoms with Crippen LogP contribution < -0.4 is 5.73 Å². The van der Waals surface area contributed by atoms with E-state index in [4.69, 9.17) is 10.5 Å². The van der Waals surface area contributed by atoms with E-state index in [1.807, 2.05) is 0 Å². The first-order valence-corrected chi connectivity index (χ1v) is 7.66. The molecule has 0 unspecified atom stereocenters. The van der Waals surface area contributed by atoms with Crippen molar-refractivity contribution in [3.05, 3.63) is 41.5 Å². The Labute approximate surface area is 145 Å². The number of benzene rings is 1. The molecule has 1 heterocycles. The van der Waals surface area contributed by atoms with Crippen LogP contribution in [0, 0.1) is 18.6 Å². The maximum Gasteiger partial charge on any atom is 0.148 e. The van der Waals surface area contributed by atoms with E-state index < -0.39 is 11.6 Å². The van der Waals surface area contributed by atoms with Crippen molar-refractivity contribution in [2.75, 3.05) is 7.11 Å². The lowest BCUT2D eigenvalue weighted by Gasteiger charge is -2.32. The molecule has 3 atom stereocenters. The van der Waals surface area contributed by atoms with E-state index in [1.54, 1.807) is 14.0 Å². The predicted molar refractivity (Wildman–Crippen MR) is 88.6 cm³/mol. The molecule has 1 fully saturated rings. The van der Waals surface area contributed by atoms with Gasteiger partial charge in [0.25, 0.3) is 0 Å². The maximum atomic E-state index is 13.5. The van der Waals surface area contributed by atoms with Crippen LogP contribution in [-0.2, 0) is 4.74 Å². The highest BCUT2D eigenvalue weighted by molar-refractivity contribution is 5.85. The van der Waals surface area contributed by atoms with Crippen molar-refractivity contribution in [2.24, 2.45) is 5.73 Å². The van der Waals surface area contributed by atoms with Gasteiger partial charge in [-0.15, -0.1) is 12.4 Å². The van der Waals surface area contributed by atoms with Crippen LogP contribution in [0.4, 0.5) is 8.78 Å². The highest BCUT2D eigenvalue weighted by Gasteiger charge is 2.32. The molecule has 1 aromatic carbocycles. The largest absolute Gasteiger partial charge is 0.380 e. The fourth-order valence-corrected chi connectivity index (χ4v) is 3.25. The van der Waals surface area contributed by atoms with E-state index >= 15 is 0 Å². The zero-order valence-corrected chi connectivity index (χ0v) is 14.4. The van der Waals surface area contributed by atoms with Gasteiger partial charge in [-0.3, -0.25) is 0 Å². The molecule has 1 saturated carbocycles. The molecule has 0 spiro atoms. The third-order valence-corrected chi connectivity index (χ3v) is 4.33. The van der Waals surface area contributed by atoms with Crippen molar-refractivity contribution in [2.45, 2.75) is 44.2 Å². The summed E-state index contributed by atoms with van der Waals surface area (Å²) in [6, 6.07) is 3.25. The minimum Gasteiger partial charge on any atom is -0.380 e. The highest BCUT2D eigenvalue weighted by Crippen LogP contribution is 2.33. The van der Waals surface area contributed by atoms with Gasteiger partial charge >= 0.3 is 0 Å². The van der Waals surface area contributed by atoms with E-state index in [0.29, 0.717) is 23.8 Å². The molecule has 8 heteroatoms. The number of nitrogens with zero attached hydrogens (tertiary/aromatic N) is 3. The molecule has 0 bridgehead atoms. The van der Waals surface area contributed by atoms with Crippen molar-refractivity contribution >= 4 is 12.4 Å². The minimum atomic E-state index is -0.640. The third kappa shape index (κ3) is 3.74. The summed E-state index contributed by atoms with van der Waals surface area (Å²) in [5.74, 6) is 0.0614. The van der Waals surface area contributed by atoms with Gasteiger partial charge in [0.05, 0.1) is 11.8 Å². The Morgan fingerprint density at radius 3 is 2.46 bits per heavy atom. The van der Waals surface area contributed by atoms with Crippen LogP contribution >= 0.6 is 12.4 Å². The Bertz CT molecular complexity index is 689. The van der Waals surface area contributed by atoms with Crippen molar-refractivity contribution in [3.8, 4) is 5.69 Å². The van der Waals surface area contributed by atoms with E-state index in [1.165, 1.54) is 16.8 Å². The van der Waals surface area contributed by atoms with E-state index in [-0.39, 0.29) is 30.5 Å². The topological polar surface area (TPSA) is 66.0 Å². The lowest BCUT2D eigenvalue weighted by Crippen LogP contribution is -2.41. The van der Waals surface area contributed by atoms with Crippen LogP contribution in [0.1, 0.15) is 36.8 Å². The molecule has 0 saturated heterocycles. The van der Waals surface area contributed by atoms with Gasteiger partial charge in [-0.25, -0.2) is 18.4 Å². The number of ether oxygens (including phenoxy) is 1. The average molecular weight is 359 g/mol. The second-order valence-electron chi connectivity index (χ2n) is 6.00. The Kier molecular flexibility index (Phi) is 5.90.